The smallest absolute Gasteiger partial charge is 0.243 e. The summed E-state index contributed by atoms with van der Waals surface area (Å²) >= 11 is 3.27. The van der Waals surface area contributed by atoms with Gasteiger partial charge in [0.05, 0.1) is 9.22 Å². The van der Waals surface area contributed by atoms with Crippen LogP contribution in [0.15, 0.2) is 29.2 Å². The molecule has 0 heterocycles. The molecule has 0 bridgehead atoms. The van der Waals surface area contributed by atoms with Crippen molar-refractivity contribution in [2.75, 3.05) is 18.4 Å². The predicted octanol–water partition coefficient (Wildman–Crippen LogP) is 2.83. The van der Waals surface area contributed by atoms with Crippen LogP contribution in [-0.4, -0.2) is 36.0 Å². The van der Waals surface area contributed by atoms with Crippen LogP contribution in [0.3, 0.4) is 0 Å². The number of hydrogen-bond donors (Lipinski definition) is 1. The van der Waals surface area contributed by atoms with Gasteiger partial charge >= 0.3 is 0 Å². The van der Waals surface area contributed by atoms with Crippen LogP contribution in [0.4, 0.5) is 5.69 Å². The summed E-state index contributed by atoms with van der Waals surface area (Å²) in [5.41, 5.74) is 0.459. The third kappa shape index (κ3) is 4.52. The van der Waals surface area contributed by atoms with Crippen molar-refractivity contribution in [3.63, 3.8) is 0 Å². The molecule has 0 aliphatic heterocycles. The molecule has 1 rings (SSSR count). The van der Waals surface area contributed by atoms with Crippen molar-refractivity contribution in [2.24, 2.45) is 0 Å². The van der Waals surface area contributed by atoms with Gasteiger partial charge in [0.2, 0.25) is 15.9 Å². The molecule has 0 radical (unpaired) electrons. The van der Waals surface area contributed by atoms with Crippen LogP contribution < -0.4 is 5.32 Å². The summed E-state index contributed by atoms with van der Waals surface area (Å²) in [6.07, 6.45) is 0. The van der Waals surface area contributed by atoms with Crippen molar-refractivity contribution < 1.29 is 13.2 Å². The van der Waals surface area contributed by atoms with Crippen LogP contribution >= 0.6 is 15.9 Å². The first-order valence-corrected chi connectivity index (χ1v) is 8.96. The largest absolute Gasteiger partial charge is 0.325 e. The molecule has 21 heavy (non-hydrogen) atoms. The number of halogens is 1. The van der Waals surface area contributed by atoms with Crippen molar-refractivity contribution in [2.45, 2.75) is 36.9 Å². The van der Waals surface area contributed by atoms with Gasteiger partial charge in [-0.15, -0.1) is 0 Å². The first kappa shape index (κ1) is 18.1. The van der Waals surface area contributed by atoms with E-state index >= 15 is 0 Å². The molecule has 1 aromatic rings. The molecule has 118 valence electrons. The van der Waals surface area contributed by atoms with E-state index in [-0.39, 0.29) is 10.8 Å². The molecule has 7 heteroatoms. The highest BCUT2D eigenvalue weighted by molar-refractivity contribution is 9.10. The summed E-state index contributed by atoms with van der Waals surface area (Å²) in [5.74, 6) is -0.236. The lowest BCUT2D eigenvalue weighted by atomic mass is 10.2. The summed E-state index contributed by atoms with van der Waals surface area (Å²) in [5, 5.41) is 2.70. The molecule has 5 nitrogen and oxygen atoms in total. The molecule has 1 aromatic carbocycles. The van der Waals surface area contributed by atoms with Crippen molar-refractivity contribution in [3.8, 4) is 0 Å². The van der Waals surface area contributed by atoms with Gasteiger partial charge in [0, 0.05) is 18.8 Å². The minimum atomic E-state index is -3.52. The van der Waals surface area contributed by atoms with E-state index in [9.17, 15) is 13.2 Å². The maximum atomic E-state index is 12.4. The number of rotatable bonds is 6. The lowest BCUT2D eigenvalue weighted by Crippen LogP contribution is -2.32. The van der Waals surface area contributed by atoms with Crippen molar-refractivity contribution in [3.05, 3.63) is 24.3 Å². The molecule has 0 aliphatic rings. The van der Waals surface area contributed by atoms with Crippen LogP contribution in [0, 0.1) is 0 Å². The molecular formula is C14H21BrN2O3S. The molecular weight excluding hydrogens is 356 g/mol. The average molecular weight is 377 g/mol. The standard InChI is InChI=1S/C14H21BrN2O3S/c1-5-17(6-2)21(19,20)12-9-7-8-11(10-12)16-13(18)14(3,4)15/h7-10H,5-6H2,1-4H3,(H,16,18). The Morgan fingerprint density at radius 3 is 2.33 bits per heavy atom. The summed E-state index contributed by atoms with van der Waals surface area (Å²) < 4.78 is 25.5. The van der Waals surface area contributed by atoms with Crippen molar-refractivity contribution in [1.82, 2.24) is 4.31 Å². The Labute approximate surface area is 134 Å². The van der Waals surface area contributed by atoms with E-state index in [0.717, 1.165) is 0 Å². The van der Waals surface area contributed by atoms with Crippen LogP contribution in [0.5, 0.6) is 0 Å². The Bertz CT molecular complexity index is 605. The maximum Gasteiger partial charge on any atom is 0.243 e. The van der Waals surface area contributed by atoms with E-state index in [1.54, 1.807) is 39.8 Å². The highest BCUT2D eigenvalue weighted by Gasteiger charge is 2.25. The zero-order chi connectivity index (χ0) is 16.3. The Morgan fingerprint density at radius 1 is 1.29 bits per heavy atom. The van der Waals surface area contributed by atoms with E-state index in [4.69, 9.17) is 0 Å². The second-order valence-corrected chi connectivity index (χ2v) is 8.96. The van der Waals surface area contributed by atoms with Gasteiger partial charge in [0.25, 0.3) is 0 Å². The van der Waals surface area contributed by atoms with E-state index in [0.29, 0.717) is 18.8 Å². The quantitative estimate of drug-likeness (QED) is 0.776. The predicted molar refractivity (Wildman–Crippen MR) is 88.2 cm³/mol. The number of carbonyl (C=O) groups is 1. The molecule has 1 amide bonds. The van der Waals surface area contributed by atoms with Gasteiger partial charge in [-0.3, -0.25) is 4.79 Å². The number of nitrogens with one attached hydrogen (secondary N) is 1. The molecule has 1 N–H and O–H groups in total. The van der Waals surface area contributed by atoms with Gasteiger partial charge in [-0.05, 0) is 32.0 Å². The third-order valence-electron chi connectivity index (χ3n) is 2.98. The molecule has 0 saturated carbocycles. The van der Waals surface area contributed by atoms with Gasteiger partial charge in [-0.2, -0.15) is 4.31 Å². The molecule has 0 spiro atoms. The summed E-state index contributed by atoms with van der Waals surface area (Å²) in [6.45, 7) is 7.84. The zero-order valence-electron chi connectivity index (χ0n) is 12.7. The number of alkyl halides is 1. The van der Waals surface area contributed by atoms with Crippen molar-refractivity contribution >= 4 is 37.5 Å². The van der Waals surface area contributed by atoms with Gasteiger partial charge in [0.1, 0.15) is 0 Å². The first-order valence-electron chi connectivity index (χ1n) is 6.73. The second kappa shape index (κ2) is 6.89. The number of sulfonamides is 1. The van der Waals surface area contributed by atoms with Crippen LogP contribution in [0.1, 0.15) is 27.7 Å². The van der Waals surface area contributed by atoms with E-state index < -0.39 is 14.3 Å². The van der Waals surface area contributed by atoms with Gasteiger partial charge < -0.3 is 5.32 Å². The maximum absolute atomic E-state index is 12.4. The Kier molecular flexibility index (Phi) is 5.95. The van der Waals surface area contributed by atoms with E-state index in [1.165, 1.54) is 16.4 Å². The SMILES string of the molecule is CCN(CC)S(=O)(=O)c1cccc(NC(=O)C(C)(C)Br)c1. The van der Waals surface area contributed by atoms with E-state index in [2.05, 4.69) is 21.2 Å². The molecule has 0 saturated heterocycles. The van der Waals surface area contributed by atoms with Gasteiger partial charge in [-0.25, -0.2) is 8.42 Å². The number of benzene rings is 1. The monoisotopic (exact) mass is 376 g/mol. The molecule has 0 aliphatic carbocycles. The highest BCUT2D eigenvalue weighted by atomic mass is 79.9. The minimum absolute atomic E-state index is 0.177. The number of amides is 1. The van der Waals surface area contributed by atoms with Gasteiger partial charge in [-0.1, -0.05) is 35.8 Å². The third-order valence-corrected chi connectivity index (χ3v) is 5.38. The Hall–Kier alpha value is -0.920. The fourth-order valence-electron chi connectivity index (χ4n) is 1.73. The average Bonchev–Trinajstić information content (AvgIpc) is 2.39. The minimum Gasteiger partial charge on any atom is -0.325 e. The lowest BCUT2D eigenvalue weighted by Gasteiger charge is -2.19. The number of carbonyl (C=O) groups excluding carboxylic acids is 1. The molecule has 0 fully saturated rings. The second-order valence-electron chi connectivity index (χ2n) is 5.04. The van der Waals surface area contributed by atoms with Crippen LogP contribution in [0.25, 0.3) is 0 Å². The molecule has 0 atom stereocenters. The van der Waals surface area contributed by atoms with Crippen LogP contribution in [-0.2, 0) is 14.8 Å². The van der Waals surface area contributed by atoms with E-state index in [1.807, 2.05) is 0 Å². The summed E-state index contributed by atoms with van der Waals surface area (Å²) in [6, 6.07) is 6.29. The summed E-state index contributed by atoms with van der Waals surface area (Å²) in [7, 11) is -3.52. The topological polar surface area (TPSA) is 66.5 Å². The number of nitrogens with zero attached hydrogens (tertiary/aromatic N) is 1. The Morgan fingerprint density at radius 2 is 1.86 bits per heavy atom. The number of anilines is 1. The number of hydrogen-bond acceptors (Lipinski definition) is 3. The molecule has 0 unspecified atom stereocenters. The zero-order valence-corrected chi connectivity index (χ0v) is 15.1. The van der Waals surface area contributed by atoms with Crippen LogP contribution in [0.2, 0.25) is 0 Å². The van der Waals surface area contributed by atoms with Crippen molar-refractivity contribution in [1.29, 1.82) is 0 Å². The Balaban J connectivity index is 3.09. The molecule has 0 aromatic heterocycles. The summed E-state index contributed by atoms with van der Waals surface area (Å²) in [4.78, 5) is 12.1. The lowest BCUT2D eigenvalue weighted by molar-refractivity contribution is -0.117. The van der Waals surface area contributed by atoms with Gasteiger partial charge in [0.15, 0.2) is 0 Å². The highest BCUT2D eigenvalue weighted by Crippen LogP contribution is 2.22. The normalized spacial score (nSPS) is 12.5. The fraction of sp³-hybridized carbons (Fsp3) is 0.500. The first-order chi connectivity index (χ1) is 9.62. The fourth-order valence-corrected chi connectivity index (χ4v) is 3.33.